The third-order valence-corrected chi connectivity index (χ3v) is 23.4. The quantitative estimate of drug-likeness (QED) is 0.0955. The van der Waals surface area contributed by atoms with Crippen LogP contribution in [-0.2, 0) is 82.2 Å². The molecule has 3 N–H and O–H groups in total. The summed E-state index contributed by atoms with van der Waals surface area (Å²) in [4.78, 5) is 38.7. The molecular formula is C70H71F9N6O12S3. The molecule has 100 heavy (non-hydrogen) atoms. The molecule has 3 amide bonds. The van der Waals surface area contributed by atoms with Crippen molar-refractivity contribution in [3.8, 4) is 17.2 Å². The molecule has 18 nitrogen and oxygen atoms in total. The van der Waals surface area contributed by atoms with Crippen LogP contribution in [0.3, 0.4) is 0 Å². The summed E-state index contributed by atoms with van der Waals surface area (Å²) in [5, 5.41) is 8.43. The minimum absolute atomic E-state index is 0.0588. The smallest absolute Gasteiger partial charge is 0.416 e. The maximum absolute atomic E-state index is 13.3. The number of allylic oxidation sites excluding steroid dienone is 1. The number of carbonyl (C=O) groups excluding carboxylic acids is 3. The van der Waals surface area contributed by atoms with Crippen molar-refractivity contribution < 1.29 is 93.4 Å². The Kier molecular flexibility index (Phi) is 20.5. The van der Waals surface area contributed by atoms with Crippen molar-refractivity contribution in [3.63, 3.8) is 0 Å². The third kappa shape index (κ3) is 16.1. The fraction of sp³-hybridized carbons (Fsp3) is 0.357. The van der Waals surface area contributed by atoms with E-state index in [-0.39, 0.29) is 60.4 Å². The monoisotopic (exact) mass is 1450 g/mol. The van der Waals surface area contributed by atoms with E-state index in [2.05, 4.69) is 16.0 Å². The predicted molar refractivity (Wildman–Crippen MR) is 364 cm³/mol. The molecule has 6 aromatic carbocycles. The van der Waals surface area contributed by atoms with Crippen LogP contribution in [0.4, 0.5) is 73.6 Å². The highest BCUT2D eigenvalue weighted by molar-refractivity contribution is 7.93. The number of fused-ring (bicyclic) bond motifs is 6. The van der Waals surface area contributed by atoms with Gasteiger partial charge in [0, 0.05) is 103 Å². The number of benzene rings is 6. The molecular weight excluding hydrogens is 1380 g/mol. The van der Waals surface area contributed by atoms with Crippen molar-refractivity contribution in [1.82, 2.24) is 0 Å². The molecule has 534 valence electrons. The largest absolute Gasteiger partial charge is 0.493 e. The lowest BCUT2D eigenvalue weighted by atomic mass is 9.83. The molecule has 6 aromatic rings. The lowest BCUT2D eigenvalue weighted by Gasteiger charge is -2.39. The zero-order valence-electron chi connectivity index (χ0n) is 55.2. The number of rotatable bonds is 8. The molecule has 0 spiro atoms. The van der Waals surface area contributed by atoms with Gasteiger partial charge in [0.2, 0.25) is 47.8 Å². The minimum atomic E-state index is -4.51. The van der Waals surface area contributed by atoms with E-state index in [9.17, 15) is 79.2 Å². The number of halogens is 9. The number of hydrogen-bond acceptors (Lipinski definition) is 12. The molecule has 6 aliphatic heterocycles. The highest BCUT2D eigenvalue weighted by Gasteiger charge is 2.41. The maximum atomic E-state index is 13.3. The molecule has 6 aliphatic rings. The SMILES string of the molecule is CCC1(CC)C/C(=C\C(=O)Nc2cccc3c2CCS(=O)(=O)N3C)c2ccc(C(F)(F)F)cc2O1.CN1c2cccc(NC(=O)/C=C3\CC(C)(C)Oc4cc(C(F)(F)F)ccc43)c2CCS1(=O)=O.CN1c2cccc(NC(=O)/C=C3\CCCOc4cc(C(F)(F)F)ccc43)c2CCS1(=O)=O. The Morgan fingerprint density at radius 2 is 0.810 bits per heavy atom. The number of carbonyl (C=O) groups is 3. The van der Waals surface area contributed by atoms with Gasteiger partial charge in [-0.3, -0.25) is 27.3 Å². The van der Waals surface area contributed by atoms with Crippen LogP contribution in [-0.4, -0.2) is 99.2 Å². The molecule has 12 rings (SSSR count). The number of amides is 3. The zero-order valence-corrected chi connectivity index (χ0v) is 57.6. The van der Waals surface area contributed by atoms with E-state index < -0.39 is 94.2 Å². The molecule has 0 saturated carbocycles. The first-order valence-electron chi connectivity index (χ1n) is 31.7. The summed E-state index contributed by atoms with van der Waals surface area (Å²) in [6.07, 6.45) is -5.73. The Morgan fingerprint density at radius 1 is 0.470 bits per heavy atom. The van der Waals surface area contributed by atoms with E-state index in [4.69, 9.17) is 14.2 Å². The zero-order chi connectivity index (χ0) is 72.9. The van der Waals surface area contributed by atoms with E-state index >= 15 is 0 Å². The first-order chi connectivity index (χ1) is 46.7. The van der Waals surface area contributed by atoms with Crippen LogP contribution in [0.15, 0.2) is 127 Å². The molecule has 6 heterocycles. The van der Waals surface area contributed by atoms with E-state index in [0.717, 1.165) is 47.5 Å². The molecule has 0 atom stereocenters. The van der Waals surface area contributed by atoms with Gasteiger partial charge in [0.25, 0.3) is 0 Å². The second-order valence-electron chi connectivity index (χ2n) is 25.3. The molecule has 0 radical (unpaired) electrons. The Bertz CT molecular complexity index is 4700. The van der Waals surface area contributed by atoms with Crippen LogP contribution < -0.4 is 43.1 Å². The highest BCUT2D eigenvalue weighted by Crippen LogP contribution is 2.48. The fourth-order valence-electron chi connectivity index (χ4n) is 12.7. The van der Waals surface area contributed by atoms with Crippen molar-refractivity contribution in [1.29, 1.82) is 0 Å². The summed E-state index contributed by atoms with van der Waals surface area (Å²) in [7, 11) is -5.75. The summed E-state index contributed by atoms with van der Waals surface area (Å²) in [5.74, 6) is -1.26. The average molecular weight is 1460 g/mol. The Hall–Kier alpha value is -9.03. The van der Waals surface area contributed by atoms with Gasteiger partial charge in [0.15, 0.2) is 0 Å². The molecule has 0 unspecified atom stereocenters. The topological polar surface area (TPSA) is 227 Å². The number of anilines is 6. The van der Waals surface area contributed by atoms with Crippen LogP contribution in [0.5, 0.6) is 17.2 Å². The van der Waals surface area contributed by atoms with Crippen molar-refractivity contribution in [2.24, 2.45) is 0 Å². The number of ether oxygens (including phenoxy) is 3. The van der Waals surface area contributed by atoms with Crippen molar-refractivity contribution in [3.05, 3.63) is 177 Å². The first-order valence-corrected chi connectivity index (χ1v) is 36.5. The van der Waals surface area contributed by atoms with Crippen LogP contribution >= 0.6 is 0 Å². The van der Waals surface area contributed by atoms with E-state index in [0.29, 0.717) is 112 Å². The predicted octanol–water partition coefficient (Wildman–Crippen LogP) is 14.2. The number of nitrogens with one attached hydrogen (secondary N) is 3. The van der Waals surface area contributed by atoms with Crippen molar-refractivity contribution in [2.45, 2.75) is 115 Å². The molecule has 0 aromatic heterocycles. The average Bonchev–Trinajstić information content (AvgIpc) is 0.810. The summed E-state index contributed by atoms with van der Waals surface area (Å²) >= 11 is 0. The van der Waals surface area contributed by atoms with Gasteiger partial charge >= 0.3 is 18.5 Å². The van der Waals surface area contributed by atoms with Crippen molar-refractivity contribution >= 4 is 98.6 Å². The summed E-state index contributed by atoms with van der Waals surface area (Å²) in [5.41, 5.74) is 4.27. The summed E-state index contributed by atoms with van der Waals surface area (Å²) < 4.78 is 212. The molecule has 0 bridgehead atoms. The van der Waals surface area contributed by atoms with Crippen LogP contribution in [0.2, 0.25) is 0 Å². The van der Waals surface area contributed by atoms with Gasteiger partial charge in [-0.15, -0.1) is 0 Å². The van der Waals surface area contributed by atoms with Crippen LogP contribution in [0.25, 0.3) is 16.7 Å². The van der Waals surface area contributed by atoms with Gasteiger partial charge in [-0.2, -0.15) is 39.5 Å². The van der Waals surface area contributed by atoms with Gasteiger partial charge in [0.05, 0.1) is 57.6 Å². The van der Waals surface area contributed by atoms with Crippen LogP contribution in [0, 0.1) is 0 Å². The molecule has 0 saturated heterocycles. The second kappa shape index (κ2) is 27.8. The van der Waals surface area contributed by atoms with E-state index in [1.165, 1.54) is 70.5 Å². The molecule has 30 heteroatoms. The summed E-state index contributed by atoms with van der Waals surface area (Å²) in [6, 6.07) is 24.9. The maximum Gasteiger partial charge on any atom is 0.416 e. The highest BCUT2D eigenvalue weighted by atomic mass is 32.2. The van der Waals surface area contributed by atoms with Crippen LogP contribution in [0.1, 0.15) is 116 Å². The summed E-state index contributed by atoms with van der Waals surface area (Å²) in [6.45, 7) is 7.54. The first kappa shape index (κ1) is 73.7. The number of nitrogens with zero attached hydrogens (tertiary/aromatic N) is 3. The Balaban J connectivity index is 0.000000162. The molecule has 0 fully saturated rings. The van der Waals surface area contributed by atoms with Crippen molar-refractivity contribution in [2.75, 3.05) is 73.9 Å². The standard InChI is InChI=1S/C25H27F3N2O4S.C23H23F3N2O4S.C22H21F3N2O4S/c1-4-24(5-2)15-16(18-10-9-17(25(26,27)28)14-22(18)34-24)13-23(31)29-20-7-6-8-21-19(20)11-12-35(32,33)30(21)3;1-22(2)13-14(16-8-7-15(23(24,25)26)12-20(16)32-22)11-21(29)27-18-5-4-6-19-17(18)9-10-33(30,31)28(19)3;1-27-19-6-2-5-18(17(19)9-11-32(27,29)30)26-21(28)12-14-4-3-10-31-20-13-15(22(23,24)25)7-8-16(14)20/h6-10,13-14H,4-5,11-12,15H2,1-3H3,(H,29,31);4-8,11-12H,9-10,13H2,1-3H3,(H,27,29);2,5-8,12-13H,3-4,9-11H2,1H3,(H,26,28)/b16-13+;14-11+;14-12+. The number of hydrogen-bond donors (Lipinski definition) is 3. The van der Waals surface area contributed by atoms with Gasteiger partial charge in [-0.05, 0) is 148 Å². The number of alkyl halides is 9. The second-order valence-corrected chi connectivity index (χ2v) is 31.6. The normalized spacial score (nSPS) is 19.4. The lowest BCUT2D eigenvalue weighted by Crippen LogP contribution is -2.38. The lowest BCUT2D eigenvalue weighted by molar-refractivity contribution is -0.138. The fourth-order valence-corrected chi connectivity index (χ4v) is 16.3. The minimum Gasteiger partial charge on any atom is -0.493 e. The van der Waals surface area contributed by atoms with Gasteiger partial charge < -0.3 is 30.2 Å². The van der Waals surface area contributed by atoms with E-state index in [1.807, 2.05) is 13.8 Å². The third-order valence-electron chi connectivity index (χ3n) is 18.2. The van der Waals surface area contributed by atoms with E-state index in [1.54, 1.807) is 68.4 Å². The van der Waals surface area contributed by atoms with Gasteiger partial charge in [-0.1, -0.05) is 50.2 Å². The Morgan fingerprint density at radius 3 is 1.18 bits per heavy atom. The number of sulfonamides is 3. The van der Waals surface area contributed by atoms with Gasteiger partial charge in [-0.25, -0.2) is 25.3 Å². The Labute approximate surface area is 573 Å². The van der Waals surface area contributed by atoms with Gasteiger partial charge in [0.1, 0.15) is 28.5 Å². The molecule has 0 aliphatic carbocycles.